The molecule has 0 atom stereocenters. The van der Waals surface area contributed by atoms with Crippen molar-refractivity contribution in [2.24, 2.45) is 5.41 Å². The summed E-state index contributed by atoms with van der Waals surface area (Å²) in [6.07, 6.45) is 1.30. The first kappa shape index (κ1) is 9.49. The highest BCUT2D eigenvalue weighted by molar-refractivity contribution is 6.33. The lowest BCUT2D eigenvalue weighted by Gasteiger charge is -2.39. The summed E-state index contributed by atoms with van der Waals surface area (Å²) < 4.78 is 0. The quantitative estimate of drug-likeness (QED) is 0.784. The van der Waals surface area contributed by atoms with Crippen LogP contribution in [0.4, 0.5) is 5.69 Å². The van der Waals surface area contributed by atoms with E-state index in [2.05, 4.69) is 22.3 Å². The lowest BCUT2D eigenvalue weighted by Crippen LogP contribution is -2.54. The van der Waals surface area contributed by atoms with Crippen LogP contribution in [0.15, 0.2) is 24.3 Å². The minimum atomic E-state index is 0.541. The fourth-order valence-electron chi connectivity index (χ4n) is 2.62. The molecule has 3 rings (SSSR count). The molecule has 2 nitrogen and oxygen atoms in total. The second-order valence-electron chi connectivity index (χ2n) is 4.73. The zero-order valence-electron chi connectivity index (χ0n) is 8.67. The van der Waals surface area contributed by atoms with Crippen molar-refractivity contribution in [2.75, 3.05) is 31.1 Å². The van der Waals surface area contributed by atoms with Gasteiger partial charge < -0.3 is 10.2 Å². The largest absolute Gasteiger partial charge is 0.370 e. The third-order valence-corrected chi connectivity index (χ3v) is 3.95. The number of hydrogen-bond donors (Lipinski definition) is 1. The summed E-state index contributed by atoms with van der Waals surface area (Å²) in [7, 11) is 0. The molecule has 1 spiro atoms. The molecule has 3 heteroatoms. The Kier molecular flexibility index (Phi) is 2.15. The van der Waals surface area contributed by atoms with Crippen molar-refractivity contribution < 1.29 is 0 Å². The zero-order valence-corrected chi connectivity index (χ0v) is 9.43. The third-order valence-electron chi connectivity index (χ3n) is 3.63. The summed E-state index contributed by atoms with van der Waals surface area (Å²) >= 11 is 6.20. The van der Waals surface area contributed by atoms with E-state index in [9.17, 15) is 0 Å². The van der Waals surface area contributed by atoms with E-state index in [-0.39, 0.29) is 0 Å². The normalized spacial score (nSPS) is 23.1. The van der Waals surface area contributed by atoms with E-state index in [0.29, 0.717) is 5.41 Å². The fraction of sp³-hybridized carbons (Fsp3) is 0.500. The highest BCUT2D eigenvalue weighted by Gasteiger charge is 2.43. The van der Waals surface area contributed by atoms with Gasteiger partial charge in [-0.3, -0.25) is 0 Å². The Labute approximate surface area is 95.2 Å². The highest BCUT2D eigenvalue weighted by atomic mass is 35.5. The van der Waals surface area contributed by atoms with E-state index >= 15 is 0 Å². The molecule has 2 heterocycles. The summed E-state index contributed by atoms with van der Waals surface area (Å²) in [4.78, 5) is 2.42. The Balaban J connectivity index is 1.82. The van der Waals surface area contributed by atoms with Crippen molar-refractivity contribution in [1.82, 2.24) is 5.32 Å². The van der Waals surface area contributed by atoms with E-state index in [1.54, 1.807) is 0 Å². The number of anilines is 1. The van der Waals surface area contributed by atoms with Crippen LogP contribution in [0.2, 0.25) is 5.02 Å². The predicted octanol–water partition coefficient (Wildman–Crippen LogP) is 2.14. The van der Waals surface area contributed by atoms with Gasteiger partial charge in [0, 0.05) is 31.6 Å². The van der Waals surface area contributed by atoms with Crippen LogP contribution in [0.1, 0.15) is 6.42 Å². The smallest absolute Gasteiger partial charge is 0.0639 e. The minimum absolute atomic E-state index is 0.541. The van der Waals surface area contributed by atoms with Crippen LogP contribution in [-0.2, 0) is 0 Å². The monoisotopic (exact) mass is 222 g/mol. The molecule has 0 aliphatic carbocycles. The van der Waals surface area contributed by atoms with Crippen molar-refractivity contribution in [2.45, 2.75) is 6.42 Å². The Morgan fingerprint density at radius 3 is 2.67 bits per heavy atom. The van der Waals surface area contributed by atoms with Crippen LogP contribution in [0.25, 0.3) is 0 Å². The van der Waals surface area contributed by atoms with Gasteiger partial charge in [-0.2, -0.15) is 0 Å². The molecule has 2 aliphatic rings. The van der Waals surface area contributed by atoms with Gasteiger partial charge in [-0.1, -0.05) is 23.7 Å². The Bertz CT molecular complexity index is 374. The fourth-order valence-corrected chi connectivity index (χ4v) is 2.87. The van der Waals surface area contributed by atoms with Gasteiger partial charge in [0.05, 0.1) is 10.7 Å². The predicted molar refractivity (Wildman–Crippen MR) is 63.6 cm³/mol. The maximum Gasteiger partial charge on any atom is 0.0639 e. The van der Waals surface area contributed by atoms with Gasteiger partial charge in [-0.25, -0.2) is 0 Å². The maximum absolute atomic E-state index is 6.20. The molecule has 0 radical (unpaired) electrons. The van der Waals surface area contributed by atoms with Crippen LogP contribution >= 0.6 is 11.6 Å². The van der Waals surface area contributed by atoms with Gasteiger partial charge in [-0.05, 0) is 18.6 Å². The average molecular weight is 223 g/mol. The highest BCUT2D eigenvalue weighted by Crippen LogP contribution is 2.38. The van der Waals surface area contributed by atoms with Crippen molar-refractivity contribution in [1.29, 1.82) is 0 Å². The van der Waals surface area contributed by atoms with E-state index in [0.717, 1.165) is 18.1 Å². The van der Waals surface area contributed by atoms with Crippen molar-refractivity contribution in [3.63, 3.8) is 0 Å². The standard InChI is InChI=1S/C12H15ClN2/c13-10-3-1-2-4-11(10)15-6-5-12(9-15)7-14-8-12/h1-4,14H,5-9H2. The zero-order chi connectivity index (χ0) is 10.3. The molecule has 15 heavy (non-hydrogen) atoms. The molecule has 1 aromatic rings. The van der Waals surface area contributed by atoms with E-state index in [4.69, 9.17) is 11.6 Å². The average Bonchev–Trinajstić information content (AvgIpc) is 2.63. The number of nitrogens with zero attached hydrogens (tertiary/aromatic N) is 1. The maximum atomic E-state index is 6.20. The lowest BCUT2D eigenvalue weighted by molar-refractivity contribution is 0.200. The van der Waals surface area contributed by atoms with Gasteiger partial charge in [0.1, 0.15) is 0 Å². The number of para-hydroxylation sites is 1. The molecule has 1 N–H and O–H groups in total. The first-order valence-corrected chi connectivity index (χ1v) is 5.87. The van der Waals surface area contributed by atoms with Crippen molar-refractivity contribution in [3.05, 3.63) is 29.3 Å². The van der Waals surface area contributed by atoms with Gasteiger partial charge in [0.2, 0.25) is 0 Å². The molecule has 2 aliphatic heterocycles. The van der Waals surface area contributed by atoms with E-state index in [1.165, 1.54) is 25.2 Å². The number of halogens is 1. The molecular formula is C12H15ClN2. The van der Waals surface area contributed by atoms with E-state index in [1.807, 2.05) is 12.1 Å². The minimum Gasteiger partial charge on any atom is -0.370 e. The molecule has 1 aromatic carbocycles. The molecule has 80 valence electrons. The number of rotatable bonds is 1. The summed E-state index contributed by atoms with van der Waals surface area (Å²) in [5, 5.41) is 4.25. The summed E-state index contributed by atoms with van der Waals surface area (Å²) in [5.41, 5.74) is 1.74. The molecule has 0 saturated carbocycles. The third kappa shape index (κ3) is 1.52. The van der Waals surface area contributed by atoms with Crippen LogP contribution in [0.3, 0.4) is 0 Å². The van der Waals surface area contributed by atoms with Gasteiger partial charge >= 0.3 is 0 Å². The summed E-state index contributed by atoms with van der Waals surface area (Å²) in [6, 6.07) is 8.14. The second-order valence-corrected chi connectivity index (χ2v) is 5.13. The lowest BCUT2D eigenvalue weighted by atomic mass is 9.81. The number of benzene rings is 1. The van der Waals surface area contributed by atoms with Gasteiger partial charge in [0.25, 0.3) is 0 Å². The van der Waals surface area contributed by atoms with Crippen molar-refractivity contribution >= 4 is 17.3 Å². The first-order chi connectivity index (χ1) is 7.29. The molecule has 0 bridgehead atoms. The Morgan fingerprint density at radius 1 is 1.27 bits per heavy atom. The SMILES string of the molecule is Clc1ccccc1N1CCC2(CNC2)C1. The molecule has 2 saturated heterocycles. The molecule has 0 unspecified atom stereocenters. The van der Waals surface area contributed by atoms with Gasteiger partial charge in [-0.15, -0.1) is 0 Å². The summed E-state index contributed by atoms with van der Waals surface area (Å²) in [6.45, 7) is 4.65. The Morgan fingerprint density at radius 2 is 2.07 bits per heavy atom. The Hall–Kier alpha value is -0.730. The molecule has 2 fully saturated rings. The summed E-state index contributed by atoms with van der Waals surface area (Å²) in [5.74, 6) is 0. The number of nitrogens with one attached hydrogen (secondary N) is 1. The first-order valence-electron chi connectivity index (χ1n) is 5.49. The molecule has 0 amide bonds. The van der Waals surface area contributed by atoms with Crippen LogP contribution in [-0.4, -0.2) is 26.2 Å². The second kappa shape index (κ2) is 3.39. The topological polar surface area (TPSA) is 15.3 Å². The molecule has 0 aromatic heterocycles. The van der Waals surface area contributed by atoms with Crippen LogP contribution in [0, 0.1) is 5.41 Å². The van der Waals surface area contributed by atoms with Gasteiger partial charge in [0.15, 0.2) is 0 Å². The van der Waals surface area contributed by atoms with Crippen molar-refractivity contribution in [3.8, 4) is 0 Å². The van der Waals surface area contributed by atoms with Crippen LogP contribution < -0.4 is 10.2 Å². The van der Waals surface area contributed by atoms with Crippen LogP contribution in [0.5, 0.6) is 0 Å². The number of hydrogen-bond acceptors (Lipinski definition) is 2. The van der Waals surface area contributed by atoms with E-state index < -0.39 is 0 Å². The molecular weight excluding hydrogens is 208 g/mol.